The summed E-state index contributed by atoms with van der Waals surface area (Å²) in [5, 5.41) is 0. The molecule has 1 saturated carbocycles. The highest BCUT2D eigenvalue weighted by atomic mass is 19.4. The van der Waals surface area contributed by atoms with E-state index in [2.05, 4.69) is 11.3 Å². The van der Waals surface area contributed by atoms with E-state index in [1.165, 1.54) is 0 Å². The minimum atomic E-state index is -4.05. The number of hydrogen-bond acceptors (Lipinski definition) is 2. The monoisotopic (exact) mass is 234 g/mol. The fourth-order valence-electron chi connectivity index (χ4n) is 2.34. The van der Waals surface area contributed by atoms with Gasteiger partial charge in [-0.25, -0.2) is 0 Å². The second-order valence-electron chi connectivity index (χ2n) is 4.33. The van der Waals surface area contributed by atoms with Gasteiger partial charge in [0.2, 0.25) is 0 Å². The van der Waals surface area contributed by atoms with Crippen LogP contribution >= 0.6 is 0 Å². The Morgan fingerprint density at radius 2 is 1.88 bits per heavy atom. The maximum atomic E-state index is 12.4. The Kier molecular flexibility index (Phi) is 4.63. The summed E-state index contributed by atoms with van der Waals surface area (Å²) in [6, 6.07) is -0.0563. The number of alkyl halides is 3. The summed E-state index contributed by atoms with van der Waals surface area (Å²) in [7, 11) is 0. The van der Waals surface area contributed by atoms with E-state index in [1.807, 2.05) is 0 Å². The first-order chi connectivity index (χ1) is 7.49. The van der Waals surface area contributed by atoms with Gasteiger partial charge >= 0.3 is 6.18 Å². The number of hydrazine groups is 1. The Hall–Kier alpha value is -0.730. The van der Waals surface area contributed by atoms with Crippen molar-refractivity contribution in [3.63, 3.8) is 0 Å². The topological polar surface area (TPSA) is 38.0 Å². The zero-order chi connectivity index (χ0) is 12.2. The third-order valence-electron chi connectivity index (χ3n) is 3.36. The van der Waals surface area contributed by atoms with Crippen LogP contribution in [0.25, 0.3) is 0 Å². The Morgan fingerprint density at radius 1 is 1.31 bits per heavy atom. The second-order valence-corrected chi connectivity index (χ2v) is 4.33. The summed E-state index contributed by atoms with van der Waals surface area (Å²) >= 11 is 0. The van der Waals surface area contributed by atoms with Crippen LogP contribution in [0.1, 0.15) is 32.1 Å². The van der Waals surface area contributed by atoms with Gasteiger partial charge in [-0.05, 0) is 31.6 Å². The number of nitrogens with one attached hydrogen (secondary N) is 1. The molecule has 0 spiro atoms. The van der Waals surface area contributed by atoms with E-state index in [0.717, 1.165) is 0 Å². The molecule has 1 aliphatic carbocycles. The van der Waals surface area contributed by atoms with Gasteiger partial charge in [-0.2, -0.15) is 13.2 Å². The van der Waals surface area contributed by atoms with Gasteiger partial charge < -0.3 is 0 Å². The summed E-state index contributed by atoms with van der Waals surface area (Å²) in [5.41, 5.74) is 2.60. The Bertz CT molecular complexity index is 249. The van der Waals surface area contributed by atoms with Crippen LogP contribution in [-0.4, -0.2) is 12.2 Å². The van der Waals surface area contributed by atoms with Gasteiger partial charge in [0.05, 0.1) is 5.92 Å². The molecule has 0 aliphatic heterocycles. The molecular weight excluding hydrogens is 217 g/mol. The molecule has 1 aliphatic rings. The normalized spacial score (nSPS) is 28.4. The molecule has 2 nitrogen and oxygen atoms in total. The van der Waals surface area contributed by atoms with Crippen molar-refractivity contribution in [3.8, 4) is 12.3 Å². The SMILES string of the molecule is C#CCC(NN)C1CCC(C(F)(F)F)CC1. The lowest BCUT2D eigenvalue weighted by atomic mass is 9.77. The first-order valence-corrected chi connectivity index (χ1v) is 5.45. The first kappa shape index (κ1) is 13.3. The van der Waals surface area contributed by atoms with Gasteiger partial charge in [0.1, 0.15) is 0 Å². The fraction of sp³-hybridized carbons (Fsp3) is 0.818. The molecule has 0 heterocycles. The Labute approximate surface area is 93.7 Å². The second kappa shape index (κ2) is 5.55. The molecule has 1 fully saturated rings. The van der Waals surface area contributed by atoms with Crippen LogP contribution in [0.2, 0.25) is 0 Å². The number of hydrogen-bond donors (Lipinski definition) is 2. The van der Waals surface area contributed by atoms with Crippen molar-refractivity contribution in [3.05, 3.63) is 0 Å². The van der Waals surface area contributed by atoms with Crippen molar-refractivity contribution >= 4 is 0 Å². The van der Waals surface area contributed by atoms with E-state index in [-0.39, 0.29) is 24.8 Å². The molecule has 1 unspecified atom stereocenters. The minimum absolute atomic E-state index is 0.0563. The van der Waals surface area contributed by atoms with Crippen molar-refractivity contribution in [1.29, 1.82) is 0 Å². The maximum Gasteiger partial charge on any atom is 0.391 e. The van der Waals surface area contributed by atoms with Crippen LogP contribution < -0.4 is 11.3 Å². The van der Waals surface area contributed by atoms with Gasteiger partial charge in [0, 0.05) is 12.5 Å². The smallest absolute Gasteiger partial charge is 0.271 e. The van der Waals surface area contributed by atoms with E-state index >= 15 is 0 Å². The molecule has 0 aromatic heterocycles. The number of halogens is 3. The lowest BCUT2D eigenvalue weighted by Crippen LogP contribution is -2.43. The lowest BCUT2D eigenvalue weighted by Gasteiger charge is -2.33. The molecule has 0 saturated heterocycles. The van der Waals surface area contributed by atoms with Crippen LogP contribution in [0, 0.1) is 24.2 Å². The molecule has 1 rings (SSSR count). The van der Waals surface area contributed by atoms with E-state index in [0.29, 0.717) is 19.3 Å². The number of nitrogens with two attached hydrogens (primary N) is 1. The average Bonchev–Trinajstić information content (AvgIpc) is 2.25. The van der Waals surface area contributed by atoms with Crippen LogP contribution in [0.15, 0.2) is 0 Å². The van der Waals surface area contributed by atoms with Gasteiger partial charge in [-0.3, -0.25) is 11.3 Å². The van der Waals surface area contributed by atoms with E-state index < -0.39 is 12.1 Å². The first-order valence-electron chi connectivity index (χ1n) is 5.45. The van der Waals surface area contributed by atoms with Crippen molar-refractivity contribution in [2.45, 2.75) is 44.3 Å². The largest absolute Gasteiger partial charge is 0.391 e. The van der Waals surface area contributed by atoms with E-state index in [9.17, 15) is 13.2 Å². The summed E-state index contributed by atoms with van der Waals surface area (Å²) in [6.45, 7) is 0. The predicted molar refractivity (Wildman–Crippen MR) is 56.1 cm³/mol. The third kappa shape index (κ3) is 3.39. The standard InChI is InChI=1S/C11H17F3N2/c1-2-3-10(16-15)8-4-6-9(7-5-8)11(12,13)14/h1,8-10,16H,3-7,15H2. The average molecular weight is 234 g/mol. The highest BCUT2D eigenvalue weighted by Gasteiger charge is 2.42. The summed E-state index contributed by atoms with van der Waals surface area (Å²) in [5.74, 6) is 6.86. The fourth-order valence-corrected chi connectivity index (χ4v) is 2.34. The highest BCUT2D eigenvalue weighted by molar-refractivity contribution is 4.93. The molecule has 0 bridgehead atoms. The Balaban J connectivity index is 2.45. The van der Waals surface area contributed by atoms with Gasteiger partial charge in [0.25, 0.3) is 0 Å². The third-order valence-corrected chi connectivity index (χ3v) is 3.36. The molecule has 0 radical (unpaired) electrons. The van der Waals surface area contributed by atoms with Crippen molar-refractivity contribution in [2.75, 3.05) is 0 Å². The Morgan fingerprint density at radius 3 is 2.25 bits per heavy atom. The van der Waals surface area contributed by atoms with Gasteiger partial charge in [-0.15, -0.1) is 12.3 Å². The van der Waals surface area contributed by atoms with Crippen LogP contribution in [0.3, 0.4) is 0 Å². The molecule has 0 aromatic rings. The molecular formula is C11H17F3N2. The van der Waals surface area contributed by atoms with Gasteiger partial charge in [0.15, 0.2) is 0 Å². The predicted octanol–water partition coefficient (Wildman–Crippen LogP) is 2.21. The molecule has 16 heavy (non-hydrogen) atoms. The van der Waals surface area contributed by atoms with E-state index in [4.69, 9.17) is 12.3 Å². The zero-order valence-electron chi connectivity index (χ0n) is 9.06. The van der Waals surface area contributed by atoms with Crippen molar-refractivity contribution in [2.24, 2.45) is 17.7 Å². The minimum Gasteiger partial charge on any atom is -0.271 e. The maximum absolute atomic E-state index is 12.4. The van der Waals surface area contributed by atoms with Crippen molar-refractivity contribution in [1.82, 2.24) is 5.43 Å². The van der Waals surface area contributed by atoms with Crippen molar-refractivity contribution < 1.29 is 13.2 Å². The molecule has 5 heteroatoms. The van der Waals surface area contributed by atoms with E-state index in [1.54, 1.807) is 0 Å². The summed E-state index contributed by atoms with van der Waals surface area (Å²) in [6.07, 6.45) is 3.07. The lowest BCUT2D eigenvalue weighted by molar-refractivity contribution is -0.184. The molecule has 3 N–H and O–H groups in total. The number of rotatable bonds is 3. The summed E-state index contributed by atoms with van der Waals surface area (Å²) < 4.78 is 37.3. The van der Waals surface area contributed by atoms with Crippen LogP contribution in [-0.2, 0) is 0 Å². The molecule has 1 atom stereocenters. The summed E-state index contributed by atoms with van der Waals surface area (Å²) in [4.78, 5) is 0. The van der Waals surface area contributed by atoms with Crippen LogP contribution in [0.4, 0.5) is 13.2 Å². The highest BCUT2D eigenvalue weighted by Crippen LogP contribution is 2.40. The van der Waals surface area contributed by atoms with Gasteiger partial charge in [-0.1, -0.05) is 0 Å². The molecule has 0 amide bonds. The molecule has 92 valence electrons. The quantitative estimate of drug-likeness (QED) is 0.446. The molecule has 0 aromatic carbocycles. The zero-order valence-corrected chi connectivity index (χ0v) is 9.06. The van der Waals surface area contributed by atoms with Crippen LogP contribution in [0.5, 0.6) is 0 Å². The number of terminal acetylenes is 1.